The molecule has 1 atom stereocenters. The lowest BCUT2D eigenvalue weighted by molar-refractivity contribution is -0.0295. The van der Waals surface area contributed by atoms with Crippen LogP contribution in [0.1, 0.15) is 6.42 Å². The number of sulfonamides is 1. The Morgan fingerprint density at radius 3 is 2.63 bits per heavy atom. The molecule has 106 valence electrons. The van der Waals surface area contributed by atoms with E-state index in [1.54, 1.807) is 7.05 Å². The Balaban J connectivity index is 2.01. The van der Waals surface area contributed by atoms with Gasteiger partial charge in [-0.05, 0) is 12.5 Å². The highest BCUT2D eigenvalue weighted by molar-refractivity contribution is 7.89. The summed E-state index contributed by atoms with van der Waals surface area (Å²) >= 11 is 0. The summed E-state index contributed by atoms with van der Waals surface area (Å²) in [4.78, 5) is 0. The first-order valence-electron chi connectivity index (χ1n) is 6.23. The molecule has 0 aliphatic carbocycles. The van der Waals surface area contributed by atoms with E-state index >= 15 is 0 Å². The fraction of sp³-hybridized carbons (Fsp3) is 0.727. The molecular weight excluding hydrogens is 270 g/mol. The Hall–Kier alpha value is -0.960. The molecule has 2 saturated heterocycles. The van der Waals surface area contributed by atoms with E-state index in [1.165, 1.54) is 21.3 Å². The molecule has 1 spiro atoms. The minimum atomic E-state index is -3.57. The van der Waals surface area contributed by atoms with Crippen LogP contribution < -0.4 is 0 Å². The number of aryl methyl sites for hydroxylation is 1. The number of hydrogen-bond acceptors (Lipinski definition) is 5. The Kier molecular flexibility index (Phi) is 3.12. The van der Waals surface area contributed by atoms with Crippen LogP contribution in [-0.2, 0) is 26.5 Å². The number of hydrogen-bond donors (Lipinski definition) is 0. The zero-order valence-electron chi connectivity index (χ0n) is 10.8. The highest BCUT2D eigenvalue weighted by Crippen LogP contribution is 2.33. The van der Waals surface area contributed by atoms with Gasteiger partial charge in [0, 0.05) is 20.2 Å². The molecular formula is C11H17N3O4S. The molecule has 19 heavy (non-hydrogen) atoms. The summed E-state index contributed by atoms with van der Waals surface area (Å²) in [5, 5.41) is 4.15. The first kappa shape index (κ1) is 13.0. The monoisotopic (exact) mass is 287 g/mol. The van der Waals surface area contributed by atoms with Crippen molar-refractivity contribution in [2.75, 3.05) is 33.0 Å². The fourth-order valence-electron chi connectivity index (χ4n) is 2.73. The zero-order valence-corrected chi connectivity index (χ0v) is 11.6. The molecule has 1 aromatic heterocycles. The second kappa shape index (κ2) is 4.55. The number of rotatable bonds is 2. The van der Waals surface area contributed by atoms with E-state index in [2.05, 4.69) is 5.10 Å². The van der Waals surface area contributed by atoms with Gasteiger partial charge in [-0.15, -0.1) is 0 Å². The molecule has 7 nitrogen and oxygen atoms in total. The molecule has 0 N–H and O–H groups in total. The summed E-state index contributed by atoms with van der Waals surface area (Å²) in [5.74, 6) is 0. The minimum absolute atomic E-state index is 0.209. The van der Waals surface area contributed by atoms with Gasteiger partial charge < -0.3 is 9.47 Å². The van der Waals surface area contributed by atoms with Crippen molar-refractivity contribution in [3.05, 3.63) is 12.3 Å². The van der Waals surface area contributed by atoms with E-state index in [0.29, 0.717) is 39.4 Å². The fourth-order valence-corrected chi connectivity index (χ4v) is 4.59. The normalized spacial score (nSPS) is 29.1. The quantitative estimate of drug-likeness (QED) is 0.740. The van der Waals surface area contributed by atoms with Gasteiger partial charge in [0.1, 0.15) is 0 Å². The van der Waals surface area contributed by atoms with E-state index in [0.717, 1.165) is 0 Å². The minimum Gasteiger partial charge on any atom is -0.379 e. The van der Waals surface area contributed by atoms with Crippen molar-refractivity contribution >= 4 is 10.0 Å². The highest BCUT2D eigenvalue weighted by atomic mass is 32.2. The van der Waals surface area contributed by atoms with Crippen molar-refractivity contribution < 1.29 is 17.9 Å². The Bertz CT molecular complexity index is 562. The van der Waals surface area contributed by atoms with Crippen LogP contribution in [0, 0.1) is 0 Å². The molecule has 0 aromatic carbocycles. The Labute approximate surface area is 112 Å². The van der Waals surface area contributed by atoms with E-state index in [9.17, 15) is 8.42 Å². The van der Waals surface area contributed by atoms with Crippen LogP contribution in [0.15, 0.2) is 17.3 Å². The molecule has 1 aromatic rings. The van der Waals surface area contributed by atoms with Crippen LogP contribution in [0.2, 0.25) is 0 Å². The van der Waals surface area contributed by atoms with Crippen LogP contribution in [0.3, 0.4) is 0 Å². The molecule has 0 bridgehead atoms. The van der Waals surface area contributed by atoms with Gasteiger partial charge in [0.05, 0.1) is 31.6 Å². The van der Waals surface area contributed by atoms with E-state index in [-0.39, 0.29) is 5.03 Å². The second-order valence-corrected chi connectivity index (χ2v) is 6.76. The summed E-state index contributed by atoms with van der Waals surface area (Å²) < 4.78 is 39.4. The number of ether oxygens (including phenoxy) is 2. The SMILES string of the molecule is Cn1nccc1S(=O)(=O)N1CCOC[C@@]12CCOC2. The van der Waals surface area contributed by atoms with Gasteiger partial charge in [-0.2, -0.15) is 9.40 Å². The van der Waals surface area contributed by atoms with Gasteiger partial charge in [0.2, 0.25) is 0 Å². The molecule has 0 radical (unpaired) electrons. The van der Waals surface area contributed by atoms with Crippen LogP contribution in [0.25, 0.3) is 0 Å². The number of nitrogens with zero attached hydrogens (tertiary/aromatic N) is 3. The first-order valence-corrected chi connectivity index (χ1v) is 7.67. The molecule has 2 aliphatic heterocycles. The third-order valence-electron chi connectivity index (χ3n) is 3.75. The number of aromatic nitrogens is 2. The van der Waals surface area contributed by atoms with Crippen LogP contribution in [0.4, 0.5) is 0 Å². The van der Waals surface area contributed by atoms with Crippen molar-refractivity contribution in [3.8, 4) is 0 Å². The van der Waals surface area contributed by atoms with Crippen molar-refractivity contribution in [1.29, 1.82) is 0 Å². The lowest BCUT2D eigenvalue weighted by Crippen LogP contribution is -2.59. The Morgan fingerprint density at radius 2 is 2.05 bits per heavy atom. The zero-order chi connectivity index (χ0) is 13.5. The van der Waals surface area contributed by atoms with Gasteiger partial charge in [-0.3, -0.25) is 4.68 Å². The van der Waals surface area contributed by atoms with Crippen LogP contribution in [-0.4, -0.2) is 61.0 Å². The average molecular weight is 287 g/mol. The molecule has 8 heteroatoms. The van der Waals surface area contributed by atoms with Gasteiger partial charge in [-0.1, -0.05) is 0 Å². The van der Waals surface area contributed by atoms with Crippen molar-refractivity contribution in [2.24, 2.45) is 7.05 Å². The molecule has 0 amide bonds. The molecule has 0 saturated carbocycles. The van der Waals surface area contributed by atoms with Gasteiger partial charge in [-0.25, -0.2) is 8.42 Å². The molecule has 3 heterocycles. The maximum Gasteiger partial charge on any atom is 0.260 e. The van der Waals surface area contributed by atoms with Crippen molar-refractivity contribution in [3.63, 3.8) is 0 Å². The number of morpholine rings is 1. The molecule has 2 aliphatic rings. The van der Waals surface area contributed by atoms with Crippen LogP contribution in [0.5, 0.6) is 0 Å². The van der Waals surface area contributed by atoms with E-state index in [4.69, 9.17) is 9.47 Å². The third-order valence-corrected chi connectivity index (χ3v) is 5.83. The largest absolute Gasteiger partial charge is 0.379 e. The maximum atomic E-state index is 12.8. The summed E-state index contributed by atoms with van der Waals surface area (Å²) in [7, 11) is -1.94. The topological polar surface area (TPSA) is 73.7 Å². The smallest absolute Gasteiger partial charge is 0.260 e. The summed E-state index contributed by atoms with van der Waals surface area (Å²) in [6.07, 6.45) is 2.16. The maximum absolute atomic E-state index is 12.8. The lowest BCUT2D eigenvalue weighted by Gasteiger charge is -2.41. The predicted octanol–water partition coefficient (Wildman–Crippen LogP) is -0.400. The first-order chi connectivity index (χ1) is 9.06. The van der Waals surface area contributed by atoms with E-state index < -0.39 is 15.6 Å². The lowest BCUT2D eigenvalue weighted by atomic mass is 9.99. The standard InChI is InChI=1S/C11H17N3O4S/c1-13-10(2-4-12-13)19(15,16)14-5-7-18-9-11(14)3-6-17-8-11/h2,4H,3,5-9H2,1H3/t11-/m0/s1. The van der Waals surface area contributed by atoms with E-state index in [1.807, 2.05) is 0 Å². The summed E-state index contributed by atoms with van der Waals surface area (Å²) in [6, 6.07) is 1.52. The molecule has 2 fully saturated rings. The Morgan fingerprint density at radius 1 is 1.32 bits per heavy atom. The van der Waals surface area contributed by atoms with Crippen molar-refractivity contribution in [1.82, 2.24) is 14.1 Å². The summed E-state index contributed by atoms with van der Waals surface area (Å²) in [5.41, 5.74) is -0.554. The van der Waals surface area contributed by atoms with Gasteiger partial charge in [0.25, 0.3) is 10.0 Å². The van der Waals surface area contributed by atoms with Gasteiger partial charge in [0.15, 0.2) is 5.03 Å². The highest BCUT2D eigenvalue weighted by Gasteiger charge is 2.49. The predicted molar refractivity (Wildman–Crippen MR) is 66.1 cm³/mol. The van der Waals surface area contributed by atoms with Crippen LogP contribution >= 0.6 is 0 Å². The molecule has 3 rings (SSSR count). The molecule has 0 unspecified atom stereocenters. The van der Waals surface area contributed by atoms with Crippen molar-refractivity contribution in [2.45, 2.75) is 17.0 Å². The van der Waals surface area contributed by atoms with Gasteiger partial charge >= 0.3 is 0 Å². The third kappa shape index (κ3) is 1.99. The average Bonchev–Trinajstić information content (AvgIpc) is 3.00. The summed E-state index contributed by atoms with van der Waals surface area (Å²) in [6.45, 7) is 2.13. The second-order valence-electron chi connectivity index (χ2n) is 4.95.